The van der Waals surface area contributed by atoms with Crippen LogP contribution in [0.3, 0.4) is 0 Å². The first-order valence-corrected chi connectivity index (χ1v) is 3.81. The van der Waals surface area contributed by atoms with Gasteiger partial charge in [0.15, 0.2) is 0 Å². The number of fused-ring (bicyclic) bond motifs is 1. The monoisotopic (exact) mass is 161 g/mol. The molecule has 60 valence electrons. The second kappa shape index (κ2) is 2.89. The Hall–Kier alpha value is -1.44. The van der Waals surface area contributed by atoms with Crippen LogP contribution in [-0.2, 0) is 6.67 Å². The van der Waals surface area contributed by atoms with Gasteiger partial charge in [-0.15, -0.1) is 0 Å². The summed E-state index contributed by atoms with van der Waals surface area (Å²) in [6, 6.07) is 11.3. The van der Waals surface area contributed by atoms with E-state index in [1.165, 1.54) is 0 Å². The van der Waals surface area contributed by atoms with Gasteiger partial charge in [0.1, 0.15) is 6.67 Å². The van der Waals surface area contributed by atoms with Gasteiger partial charge in [0.25, 0.3) is 0 Å². The minimum absolute atomic E-state index is 0.494. The quantitative estimate of drug-likeness (QED) is 0.626. The molecule has 12 heavy (non-hydrogen) atoms. The highest BCUT2D eigenvalue weighted by atomic mass is 19.1. The molecule has 0 amide bonds. The lowest BCUT2D eigenvalue weighted by atomic mass is 10.2. The van der Waals surface area contributed by atoms with Gasteiger partial charge in [-0.25, -0.2) is 4.39 Å². The van der Waals surface area contributed by atoms with Crippen molar-refractivity contribution in [2.45, 2.75) is 6.67 Å². The minimum Gasteiger partial charge on any atom is -0.250 e. The molecule has 2 aromatic rings. The van der Waals surface area contributed by atoms with E-state index < -0.39 is 6.67 Å². The number of benzene rings is 1. The van der Waals surface area contributed by atoms with Gasteiger partial charge in [0.05, 0.1) is 11.2 Å². The maximum Gasteiger partial charge on any atom is 0.131 e. The van der Waals surface area contributed by atoms with Crippen molar-refractivity contribution in [3.63, 3.8) is 0 Å². The van der Waals surface area contributed by atoms with Crippen LogP contribution in [0, 0.1) is 0 Å². The molecule has 1 nitrogen and oxygen atoms in total. The number of hydrogen-bond acceptors (Lipinski definition) is 1. The van der Waals surface area contributed by atoms with Crippen molar-refractivity contribution in [1.29, 1.82) is 0 Å². The van der Waals surface area contributed by atoms with E-state index in [2.05, 4.69) is 4.98 Å². The Morgan fingerprint density at radius 2 is 1.92 bits per heavy atom. The lowest BCUT2D eigenvalue weighted by Gasteiger charge is -1.97. The van der Waals surface area contributed by atoms with Gasteiger partial charge in [-0.3, -0.25) is 4.98 Å². The number of aromatic nitrogens is 1. The molecule has 0 N–H and O–H groups in total. The van der Waals surface area contributed by atoms with Gasteiger partial charge < -0.3 is 0 Å². The van der Waals surface area contributed by atoms with E-state index in [0.29, 0.717) is 5.69 Å². The first-order chi connectivity index (χ1) is 5.90. The first kappa shape index (κ1) is 7.22. The summed E-state index contributed by atoms with van der Waals surface area (Å²) in [5, 5.41) is 1.05. The summed E-state index contributed by atoms with van der Waals surface area (Å²) in [7, 11) is 0. The number of nitrogens with zero attached hydrogens (tertiary/aromatic N) is 1. The lowest BCUT2D eigenvalue weighted by molar-refractivity contribution is 0.477. The molecule has 1 heterocycles. The molecule has 1 aromatic carbocycles. The Balaban J connectivity index is 2.67. The van der Waals surface area contributed by atoms with Crippen LogP contribution in [0.2, 0.25) is 0 Å². The van der Waals surface area contributed by atoms with E-state index in [1.807, 2.05) is 30.3 Å². The normalized spacial score (nSPS) is 10.4. The van der Waals surface area contributed by atoms with Crippen molar-refractivity contribution in [1.82, 2.24) is 4.98 Å². The molecule has 1 aromatic heterocycles. The molecular weight excluding hydrogens is 153 g/mol. The number of hydrogen-bond donors (Lipinski definition) is 0. The van der Waals surface area contributed by atoms with Gasteiger partial charge in [-0.05, 0) is 12.1 Å². The van der Waals surface area contributed by atoms with Crippen molar-refractivity contribution in [2.75, 3.05) is 0 Å². The zero-order chi connectivity index (χ0) is 8.39. The number of pyridine rings is 1. The molecule has 0 aliphatic rings. The van der Waals surface area contributed by atoms with E-state index in [9.17, 15) is 4.39 Å². The SMILES string of the molecule is FCc1ccc2ccccc2n1. The van der Waals surface area contributed by atoms with Crippen molar-refractivity contribution in [3.05, 3.63) is 42.1 Å². The molecule has 0 aliphatic carbocycles. The van der Waals surface area contributed by atoms with Crippen LogP contribution in [0.5, 0.6) is 0 Å². The fourth-order valence-corrected chi connectivity index (χ4v) is 1.18. The highest BCUT2D eigenvalue weighted by Crippen LogP contribution is 2.11. The fourth-order valence-electron chi connectivity index (χ4n) is 1.18. The van der Waals surface area contributed by atoms with E-state index in [4.69, 9.17) is 0 Å². The summed E-state index contributed by atoms with van der Waals surface area (Å²) in [4.78, 5) is 4.12. The standard InChI is InChI=1S/C10H8FN/c11-7-9-6-5-8-3-1-2-4-10(8)12-9/h1-6H,7H2. The van der Waals surface area contributed by atoms with Gasteiger partial charge in [-0.1, -0.05) is 24.3 Å². The van der Waals surface area contributed by atoms with E-state index in [-0.39, 0.29) is 0 Å². The van der Waals surface area contributed by atoms with Crippen molar-refractivity contribution in [2.24, 2.45) is 0 Å². The van der Waals surface area contributed by atoms with Crippen LogP contribution in [-0.4, -0.2) is 4.98 Å². The average molecular weight is 161 g/mol. The first-order valence-electron chi connectivity index (χ1n) is 3.81. The van der Waals surface area contributed by atoms with Crippen LogP contribution in [0.15, 0.2) is 36.4 Å². The molecule has 0 saturated carbocycles. The molecule has 0 bridgehead atoms. The fraction of sp³-hybridized carbons (Fsp3) is 0.100. The topological polar surface area (TPSA) is 12.9 Å². The number of alkyl halides is 1. The summed E-state index contributed by atoms with van der Waals surface area (Å²) in [6.45, 7) is -0.495. The molecule has 0 fully saturated rings. The Kier molecular flexibility index (Phi) is 1.74. The highest BCUT2D eigenvalue weighted by molar-refractivity contribution is 5.78. The molecule has 0 spiro atoms. The number of rotatable bonds is 1. The van der Waals surface area contributed by atoms with E-state index in [0.717, 1.165) is 10.9 Å². The van der Waals surface area contributed by atoms with Crippen LogP contribution in [0.25, 0.3) is 10.9 Å². The van der Waals surface area contributed by atoms with E-state index >= 15 is 0 Å². The van der Waals surface area contributed by atoms with E-state index in [1.54, 1.807) is 6.07 Å². The molecule has 0 saturated heterocycles. The summed E-state index contributed by atoms with van der Waals surface area (Å²) in [5.41, 5.74) is 1.35. The van der Waals surface area contributed by atoms with Crippen molar-refractivity contribution in [3.8, 4) is 0 Å². The maximum absolute atomic E-state index is 12.2. The van der Waals surface area contributed by atoms with Crippen LogP contribution < -0.4 is 0 Å². The van der Waals surface area contributed by atoms with Crippen molar-refractivity contribution >= 4 is 10.9 Å². The summed E-state index contributed by atoms with van der Waals surface area (Å²) < 4.78 is 12.2. The molecule has 0 atom stereocenters. The molecule has 0 aliphatic heterocycles. The zero-order valence-corrected chi connectivity index (χ0v) is 6.50. The Morgan fingerprint density at radius 1 is 1.08 bits per heavy atom. The molecule has 2 heteroatoms. The predicted octanol–water partition coefficient (Wildman–Crippen LogP) is 2.70. The van der Waals surface area contributed by atoms with Crippen LogP contribution in [0.1, 0.15) is 5.69 Å². The molecule has 0 radical (unpaired) electrons. The predicted molar refractivity (Wildman–Crippen MR) is 46.6 cm³/mol. The lowest BCUT2D eigenvalue weighted by Crippen LogP contribution is -1.85. The second-order valence-corrected chi connectivity index (χ2v) is 2.63. The summed E-state index contributed by atoms with van der Waals surface area (Å²) in [6.07, 6.45) is 0. The van der Waals surface area contributed by atoms with Crippen molar-refractivity contribution < 1.29 is 4.39 Å². The van der Waals surface area contributed by atoms with Gasteiger partial charge in [-0.2, -0.15) is 0 Å². The number of para-hydroxylation sites is 1. The Morgan fingerprint density at radius 3 is 2.75 bits per heavy atom. The van der Waals surface area contributed by atoms with Gasteiger partial charge in [0.2, 0.25) is 0 Å². The largest absolute Gasteiger partial charge is 0.250 e. The number of halogens is 1. The highest BCUT2D eigenvalue weighted by Gasteiger charge is 1.95. The second-order valence-electron chi connectivity index (χ2n) is 2.63. The Labute approximate surface area is 69.9 Å². The minimum atomic E-state index is -0.495. The average Bonchev–Trinajstić information content (AvgIpc) is 2.17. The third-order valence-corrected chi connectivity index (χ3v) is 1.79. The van der Waals surface area contributed by atoms with Crippen LogP contribution in [0.4, 0.5) is 4.39 Å². The summed E-state index contributed by atoms with van der Waals surface area (Å²) >= 11 is 0. The third kappa shape index (κ3) is 1.16. The molecule has 0 unspecified atom stereocenters. The maximum atomic E-state index is 12.2. The molecule has 2 rings (SSSR count). The van der Waals surface area contributed by atoms with Gasteiger partial charge >= 0.3 is 0 Å². The summed E-state index contributed by atoms with van der Waals surface area (Å²) in [5.74, 6) is 0. The third-order valence-electron chi connectivity index (χ3n) is 1.79. The zero-order valence-electron chi connectivity index (χ0n) is 6.50. The Bertz CT molecular complexity index is 398. The van der Waals surface area contributed by atoms with Crippen LogP contribution >= 0.6 is 0 Å². The van der Waals surface area contributed by atoms with Gasteiger partial charge in [0, 0.05) is 5.39 Å². The smallest absolute Gasteiger partial charge is 0.131 e. The molecular formula is C10H8FN.